The Labute approximate surface area is 115 Å². The lowest BCUT2D eigenvalue weighted by Gasteiger charge is -2.03. The summed E-state index contributed by atoms with van der Waals surface area (Å²) in [6.45, 7) is 0. The first-order chi connectivity index (χ1) is 9.75. The molecule has 2 rings (SSSR count). The van der Waals surface area contributed by atoms with E-state index < -0.39 is 11.8 Å². The second-order valence-corrected chi connectivity index (χ2v) is 3.78. The van der Waals surface area contributed by atoms with Gasteiger partial charge in [0.2, 0.25) is 0 Å². The number of carbonyl (C=O) groups excluding carboxylic acids is 2. The third kappa shape index (κ3) is 4.02. The van der Waals surface area contributed by atoms with Crippen molar-refractivity contribution in [3.63, 3.8) is 0 Å². The van der Waals surface area contributed by atoms with E-state index in [1.54, 1.807) is 6.08 Å². The lowest BCUT2D eigenvalue weighted by atomic mass is 10.2. The number of hydrogen-bond donors (Lipinski definition) is 2. The molecule has 2 aromatic rings. The van der Waals surface area contributed by atoms with Gasteiger partial charge in [-0.15, -0.1) is 0 Å². The molecule has 0 radical (unpaired) electrons. The summed E-state index contributed by atoms with van der Waals surface area (Å²) in [5.74, 6) is -0.967. The number of nitrogens with one attached hydrogen (secondary N) is 2. The highest BCUT2D eigenvalue weighted by Gasteiger charge is 2.06. The molecule has 0 saturated heterocycles. The Kier molecular flexibility index (Phi) is 4.55. The van der Waals surface area contributed by atoms with Crippen molar-refractivity contribution in [1.82, 2.24) is 20.8 Å². The summed E-state index contributed by atoms with van der Waals surface area (Å²) in [4.78, 5) is 30.6. The van der Waals surface area contributed by atoms with E-state index in [1.807, 2.05) is 30.3 Å². The van der Waals surface area contributed by atoms with Gasteiger partial charge in [-0.05, 0) is 11.6 Å². The minimum absolute atomic E-state index is 0.125. The van der Waals surface area contributed by atoms with Gasteiger partial charge < -0.3 is 0 Å². The lowest BCUT2D eigenvalue weighted by molar-refractivity contribution is -0.117. The molecule has 100 valence electrons. The van der Waals surface area contributed by atoms with Crippen molar-refractivity contribution in [2.24, 2.45) is 0 Å². The molecule has 20 heavy (non-hydrogen) atoms. The molecule has 1 aromatic heterocycles. The third-order valence-electron chi connectivity index (χ3n) is 2.32. The van der Waals surface area contributed by atoms with Crippen molar-refractivity contribution >= 4 is 17.9 Å². The molecule has 0 bridgehead atoms. The molecule has 2 N–H and O–H groups in total. The van der Waals surface area contributed by atoms with Crippen LogP contribution < -0.4 is 10.9 Å². The molecule has 1 heterocycles. The van der Waals surface area contributed by atoms with Crippen LogP contribution in [0.5, 0.6) is 0 Å². The van der Waals surface area contributed by atoms with Gasteiger partial charge in [0.25, 0.3) is 11.8 Å². The number of amides is 2. The Morgan fingerprint density at radius 2 is 1.85 bits per heavy atom. The SMILES string of the molecule is O=C(/C=C\c1ccccc1)NNC(=O)c1cnccn1. The zero-order chi connectivity index (χ0) is 14.2. The molecular formula is C14H12N4O2. The van der Waals surface area contributed by atoms with Gasteiger partial charge in [0.1, 0.15) is 5.69 Å². The molecule has 6 heteroatoms. The van der Waals surface area contributed by atoms with Gasteiger partial charge in [-0.2, -0.15) is 0 Å². The second kappa shape index (κ2) is 6.79. The first kappa shape index (κ1) is 13.4. The van der Waals surface area contributed by atoms with Gasteiger partial charge in [-0.25, -0.2) is 4.98 Å². The van der Waals surface area contributed by atoms with Gasteiger partial charge in [-0.1, -0.05) is 30.3 Å². The smallest absolute Gasteiger partial charge is 0.268 e. The summed E-state index contributed by atoms with van der Waals surface area (Å²) in [7, 11) is 0. The molecule has 0 atom stereocenters. The van der Waals surface area contributed by atoms with Gasteiger partial charge in [0, 0.05) is 18.5 Å². The maximum atomic E-state index is 11.6. The van der Waals surface area contributed by atoms with Gasteiger partial charge >= 0.3 is 0 Å². The van der Waals surface area contributed by atoms with E-state index in [0.717, 1.165) is 5.56 Å². The number of hydrogen-bond acceptors (Lipinski definition) is 4. The van der Waals surface area contributed by atoms with E-state index in [-0.39, 0.29) is 5.69 Å². The molecule has 0 aliphatic heterocycles. The van der Waals surface area contributed by atoms with Gasteiger partial charge in [-0.3, -0.25) is 25.4 Å². The van der Waals surface area contributed by atoms with Crippen molar-refractivity contribution in [3.8, 4) is 0 Å². The highest BCUT2D eigenvalue weighted by atomic mass is 16.2. The summed E-state index contributed by atoms with van der Waals surface area (Å²) in [6.07, 6.45) is 7.13. The van der Waals surface area contributed by atoms with Crippen molar-refractivity contribution in [1.29, 1.82) is 0 Å². The lowest BCUT2D eigenvalue weighted by Crippen LogP contribution is -2.41. The summed E-state index contributed by atoms with van der Waals surface area (Å²) in [6, 6.07) is 9.35. The van der Waals surface area contributed by atoms with Crippen molar-refractivity contribution in [2.45, 2.75) is 0 Å². The van der Waals surface area contributed by atoms with Crippen molar-refractivity contribution < 1.29 is 9.59 Å². The van der Waals surface area contributed by atoms with E-state index in [4.69, 9.17) is 0 Å². The number of aromatic nitrogens is 2. The summed E-state index contributed by atoms with van der Waals surface area (Å²) < 4.78 is 0. The minimum Gasteiger partial charge on any atom is -0.268 e. The summed E-state index contributed by atoms with van der Waals surface area (Å²) in [5.41, 5.74) is 5.52. The fraction of sp³-hybridized carbons (Fsp3) is 0. The fourth-order valence-corrected chi connectivity index (χ4v) is 1.38. The quantitative estimate of drug-likeness (QED) is 0.641. The first-order valence-corrected chi connectivity index (χ1v) is 5.85. The molecule has 0 aliphatic rings. The van der Waals surface area contributed by atoms with Crippen LogP contribution in [0.3, 0.4) is 0 Å². The van der Waals surface area contributed by atoms with Crippen LogP contribution in [0.15, 0.2) is 55.0 Å². The molecule has 1 aromatic carbocycles. The average Bonchev–Trinajstić information content (AvgIpc) is 2.52. The Bertz CT molecular complexity index is 612. The monoisotopic (exact) mass is 268 g/mol. The minimum atomic E-state index is -0.528. The molecular weight excluding hydrogens is 256 g/mol. The third-order valence-corrected chi connectivity index (χ3v) is 2.32. The van der Waals surface area contributed by atoms with E-state index in [9.17, 15) is 9.59 Å². The largest absolute Gasteiger partial charge is 0.289 e. The van der Waals surface area contributed by atoms with Crippen LogP contribution in [0.25, 0.3) is 6.08 Å². The van der Waals surface area contributed by atoms with E-state index in [0.29, 0.717) is 0 Å². The molecule has 0 spiro atoms. The Hall–Kier alpha value is -3.02. The number of benzene rings is 1. The zero-order valence-electron chi connectivity index (χ0n) is 10.5. The van der Waals surface area contributed by atoms with Crippen LogP contribution in [0.4, 0.5) is 0 Å². The van der Waals surface area contributed by atoms with E-state index in [2.05, 4.69) is 20.8 Å². The normalized spacial score (nSPS) is 10.2. The molecule has 0 aliphatic carbocycles. The highest BCUT2D eigenvalue weighted by Crippen LogP contribution is 2.00. The average molecular weight is 268 g/mol. The predicted octanol–water partition coefficient (Wildman–Crippen LogP) is 0.951. The maximum Gasteiger partial charge on any atom is 0.289 e. The number of carbonyl (C=O) groups is 2. The van der Waals surface area contributed by atoms with Crippen LogP contribution in [0, 0.1) is 0 Å². The standard InChI is InChI=1S/C14H12N4O2/c19-13(7-6-11-4-2-1-3-5-11)17-18-14(20)12-10-15-8-9-16-12/h1-10H,(H,17,19)(H,18,20)/b7-6-. The fourth-order valence-electron chi connectivity index (χ4n) is 1.38. The summed E-state index contributed by atoms with van der Waals surface area (Å²) in [5, 5.41) is 0. The van der Waals surface area contributed by atoms with Crippen LogP contribution in [0.2, 0.25) is 0 Å². The molecule has 2 amide bonds. The Morgan fingerprint density at radius 3 is 2.55 bits per heavy atom. The first-order valence-electron chi connectivity index (χ1n) is 5.85. The van der Waals surface area contributed by atoms with Crippen molar-refractivity contribution in [2.75, 3.05) is 0 Å². The van der Waals surface area contributed by atoms with E-state index >= 15 is 0 Å². The molecule has 0 saturated carbocycles. The van der Waals surface area contributed by atoms with Gasteiger partial charge in [0.05, 0.1) is 6.20 Å². The highest BCUT2D eigenvalue weighted by molar-refractivity contribution is 5.96. The molecule has 0 unspecified atom stereocenters. The van der Waals surface area contributed by atoms with Gasteiger partial charge in [0.15, 0.2) is 0 Å². The molecule has 0 fully saturated rings. The Balaban J connectivity index is 1.84. The second-order valence-electron chi connectivity index (χ2n) is 3.78. The van der Waals surface area contributed by atoms with Crippen LogP contribution in [-0.4, -0.2) is 21.8 Å². The maximum absolute atomic E-state index is 11.6. The van der Waals surface area contributed by atoms with Crippen LogP contribution >= 0.6 is 0 Å². The molecule has 6 nitrogen and oxygen atoms in total. The zero-order valence-corrected chi connectivity index (χ0v) is 10.5. The van der Waals surface area contributed by atoms with Crippen molar-refractivity contribution in [3.05, 3.63) is 66.3 Å². The topological polar surface area (TPSA) is 84.0 Å². The Morgan fingerprint density at radius 1 is 1.05 bits per heavy atom. The summed E-state index contributed by atoms with van der Waals surface area (Å²) >= 11 is 0. The number of rotatable bonds is 3. The number of nitrogens with zero attached hydrogens (tertiary/aromatic N) is 2. The van der Waals surface area contributed by atoms with Crippen LogP contribution in [-0.2, 0) is 4.79 Å². The van der Waals surface area contributed by atoms with Crippen LogP contribution in [0.1, 0.15) is 16.1 Å². The van der Waals surface area contributed by atoms with E-state index in [1.165, 1.54) is 24.7 Å². The predicted molar refractivity (Wildman–Crippen MR) is 73.1 cm³/mol. The number of hydrazine groups is 1.